The Morgan fingerprint density at radius 3 is 2.56 bits per heavy atom. The highest BCUT2D eigenvalue weighted by Crippen LogP contribution is 2.30. The number of pyridine rings is 1. The van der Waals surface area contributed by atoms with Crippen molar-refractivity contribution in [2.24, 2.45) is 0 Å². The van der Waals surface area contributed by atoms with E-state index in [0.29, 0.717) is 5.88 Å². The topological polar surface area (TPSA) is 22.1 Å². The molecule has 82 valence electrons. The number of hydrogen-bond acceptors (Lipinski definition) is 2. The molecular weight excluding hydrogens is 198 g/mol. The van der Waals surface area contributed by atoms with E-state index in [4.69, 9.17) is 4.74 Å². The molecule has 0 atom stereocenters. The highest BCUT2D eigenvalue weighted by Gasteiger charge is 2.08. The lowest BCUT2D eigenvalue weighted by molar-refractivity contribution is 0.399. The van der Waals surface area contributed by atoms with Crippen molar-refractivity contribution >= 4 is 0 Å². The van der Waals surface area contributed by atoms with Crippen LogP contribution in [0, 0.1) is 13.8 Å². The zero-order valence-corrected chi connectivity index (χ0v) is 9.82. The van der Waals surface area contributed by atoms with E-state index >= 15 is 0 Å². The van der Waals surface area contributed by atoms with Crippen LogP contribution in [0.4, 0.5) is 0 Å². The number of nitrogens with zero attached hydrogens (tertiary/aromatic N) is 1. The van der Waals surface area contributed by atoms with Crippen molar-refractivity contribution in [3.8, 4) is 17.0 Å². The number of benzene rings is 1. The Bertz CT molecular complexity index is 506. The van der Waals surface area contributed by atoms with Gasteiger partial charge in [-0.15, -0.1) is 0 Å². The van der Waals surface area contributed by atoms with Gasteiger partial charge in [0, 0.05) is 11.8 Å². The third kappa shape index (κ3) is 1.91. The number of aromatic nitrogens is 1. The summed E-state index contributed by atoms with van der Waals surface area (Å²) in [7, 11) is 1.65. The second-order valence-electron chi connectivity index (χ2n) is 3.88. The lowest BCUT2D eigenvalue weighted by Gasteiger charge is -2.10. The van der Waals surface area contributed by atoms with Crippen LogP contribution < -0.4 is 4.74 Å². The average Bonchev–Trinajstić information content (AvgIpc) is 2.29. The Hall–Kier alpha value is -1.83. The smallest absolute Gasteiger partial charge is 0.221 e. The highest BCUT2D eigenvalue weighted by atomic mass is 16.5. The quantitative estimate of drug-likeness (QED) is 0.763. The first-order valence-electron chi connectivity index (χ1n) is 5.29. The standard InChI is InChI=1S/C14H15NO/c1-10-6-7-12(11(2)9-10)13-5-4-8-15-14(13)16-3/h4-9H,1-3H3. The van der Waals surface area contributed by atoms with Gasteiger partial charge in [0.25, 0.3) is 0 Å². The third-order valence-corrected chi connectivity index (χ3v) is 2.64. The number of rotatable bonds is 2. The van der Waals surface area contributed by atoms with E-state index in [1.54, 1.807) is 13.3 Å². The van der Waals surface area contributed by atoms with Crippen LogP contribution in [0.2, 0.25) is 0 Å². The van der Waals surface area contributed by atoms with Gasteiger partial charge in [-0.25, -0.2) is 4.98 Å². The Labute approximate surface area is 95.9 Å². The predicted octanol–water partition coefficient (Wildman–Crippen LogP) is 3.37. The van der Waals surface area contributed by atoms with Gasteiger partial charge in [-0.1, -0.05) is 23.8 Å². The maximum absolute atomic E-state index is 5.27. The Morgan fingerprint density at radius 2 is 1.88 bits per heavy atom. The largest absolute Gasteiger partial charge is 0.481 e. The van der Waals surface area contributed by atoms with E-state index < -0.39 is 0 Å². The van der Waals surface area contributed by atoms with E-state index in [-0.39, 0.29) is 0 Å². The summed E-state index contributed by atoms with van der Waals surface area (Å²) < 4.78 is 5.27. The molecule has 1 aromatic heterocycles. The second-order valence-corrected chi connectivity index (χ2v) is 3.88. The van der Waals surface area contributed by atoms with Crippen LogP contribution in [0.3, 0.4) is 0 Å². The summed E-state index contributed by atoms with van der Waals surface area (Å²) in [5, 5.41) is 0. The van der Waals surface area contributed by atoms with Crippen LogP contribution in [0.5, 0.6) is 5.88 Å². The molecule has 0 amide bonds. The molecule has 16 heavy (non-hydrogen) atoms. The van der Waals surface area contributed by atoms with E-state index in [9.17, 15) is 0 Å². The molecule has 2 rings (SSSR count). The fraction of sp³-hybridized carbons (Fsp3) is 0.214. The van der Waals surface area contributed by atoms with Crippen molar-refractivity contribution < 1.29 is 4.74 Å². The van der Waals surface area contributed by atoms with Gasteiger partial charge in [-0.3, -0.25) is 0 Å². The molecule has 0 unspecified atom stereocenters. The van der Waals surface area contributed by atoms with Crippen molar-refractivity contribution in [3.05, 3.63) is 47.7 Å². The Morgan fingerprint density at radius 1 is 1.06 bits per heavy atom. The van der Waals surface area contributed by atoms with Crippen molar-refractivity contribution in [2.75, 3.05) is 7.11 Å². The van der Waals surface area contributed by atoms with Gasteiger partial charge in [0.2, 0.25) is 5.88 Å². The van der Waals surface area contributed by atoms with Crippen molar-refractivity contribution in [1.82, 2.24) is 4.98 Å². The summed E-state index contributed by atoms with van der Waals surface area (Å²) >= 11 is 0. The van der Waals surface area contributed by atoms with Crippen molar-refractivity contribution in [1.29, 1.82) is 0 Å². The number of hydrogen-bond donors (Lipinski definition) is 0. The Balaban J connectivity index is 2.58. The minimum atomic E-state index is 0.675. The van der Waals surface area contributed by atoms with Crippen LogP contribution in [0.25, 0.3) is 11.1 Å². The van der Waals surface area contributed by atoms with E-state index in [1.807, 2.05) is 12.1 Å². The second kappa shape index (κ2) is 4.35. The fourth-order valence-electron chi connectivity index (χ4n) is 1.87. The molecule has 0 spiro atoms. The molecule has 0 fully saturated rings. The first kappa shape index (κ1) is 10.7. The van der Waals surface area contributed by atoms with Gasteiger partial charge in [0.05, 0.1) is 7.11 Å². The summed E-state index contributed by atoms with van der Waals surface area (Å²) in [6, 6.07) is 10.3. The molecule has 0 radical (unpaired) electrons. The zero-order valence-electron chi connectivity index (χ0n) is 9.82. The lowest BCUT2D eigenvalue weighted by atomic mass is 10.00. The maximum atomic E-state index is 5.27. The summed E-state index contributed by atoms with van der Waals surface area (Å²) in [6.07, 6.45) is 1.74. The summed E-state index contributed by atoms with van der Waals surface area (Å²) in [5.74, 6) is 0.675. The van der Waals surface area contributed by atoms with Gasteiger partial charge in [0.1, 0.15) is 0 Å². The number of aryl methyl sites for hydroxylation is 2. The minimum Gasteiger partial charge on any atom is -0.481 e. The molecule has 0 aliphatic carbocycles. The van der Waals surface area contributed by atoms with Gasteiger partial charge in [0.15, 0.2) is 0 Å². The van der Waals surface area contributed by atoms with E-state index in [2.05, 4.69) is 37.0 Å². The van der Waals surface area contributed by atoms with E-state index in [1.165, 1.54) is 16.7 Å². The minimum absolute atomic E-state index is 0.675. The monoisotopic (exact) mass is 213 g/mol. The molecule has 2 heteroatoms. The van der Waals surface area contributed by atoms with Crippen molar-refractivity contribution in [2.45, 2.75) is 13.8 Å². The Kier molecular flexibility index (Phi) is 2.91. The molecule has 2 aromatic rings. The molecule has 2 nitrogen and oxygen atoms in total. The summed E-state index contributed by atoms with van der Waals surface area (Å²) in [6.45, 7) is 4.20. The maximum Gasteiger partial charge on any atom is 0.221 e. The van der Waals surface area contributed by atoms with Crippen LogP contribution in [-0.4, -0.2) is 12.1 Å². The van der Waals surface area contributed by atoms with Crippen LogP contribution in [0.1, 0.15) is 11.1 Å². The first-order valence-corrected chi connectivity index (χ1v) is 5.29. The fourth-order valence-corrected chi connectivity index (χ4v) is 1.87. The highest BCUT2D eigenvalue weighted by molar-refractivity contribution is 5.71. The lowest BCUT2D eigenvalue weighted by Crippen LogP contribution is -1.92. The average molecular weight is 213 g/mol. The predicted molar refractivity (Wildman–Crippen MR) is 65.7 cm³/mol. The molecule has 1 heterocycles. The van der Waals surface area contributed by atoms with E-state index in [0.717, 1.165) is 5.56 Å². The van der Waals surface area contributed by atoms with Crippen LogP contribution >= 0.6 is 0 Å². The van der Waals surface area contributed by atoms with Gasteiger partial charge >= 0.3 is 0 Å². The van der Waals surface area contributed by atoms with Gasteiger partial charge in [-0.05, 0) is 37.1 Å². The zero-order chi connectivity index (χ0) is 11.5. The molecule has 0 aliphatic rings. The third-order valence-electron chi connectivity index (χ3n) is 2.64. The summed E-state index contributed by atoms with van der Waals surface area (Å²) in [4.78, 5) is 4.21. The van der Waals surface area contributed by atoms with Crippen LogP contribution in [0.15, 0.2) is 36.5 Å². The van der Waals surface area contributed by atoms with Crippen molar-refractivity contribution in [3.63, 3.8) is 0 Å². The molecule has 1 aromatic carbocycles. The van der Waals surface area contributed by atoms with Gasteiger partial charge in [-0.2, -0.15) is 0 Å². The normalized spacial score (nSPS) is 10.2. The number of ether oxygens (including phenoxy) is 1. The summed E-state index contributed by atoms with van der Waals surface area (Å²) in [5.41, 5.74) is 4.73. The first-order chi connectivity index (χ1) is 7.72. The SMILES string of the molecule is COc1ncccc1-c1ccc(C)cc1C. The molecule has 0 saturated carbocycles. The number of methoxy groups -OCH3 is 1. The van der Waals surface area contributed by atoms with Crippen LogP contribution in [-0.2, 0) is 0 Å². The molecule has 0 bridgehead atoms. The molecule has 0 saturated heterocycles. The molecule has 0 N–H and O–H groups in total. The van der Waals surface area contributed by atoms with Gasteiger partial charge < -0.3 is 4.74 Å². The molecular formula is C14H15NO. The molecule has 0 aliphatic heterocycles.